The lowest BCUT2D eigenvalue weighted by atomic mass is 9.97. The third-order valence-electron chi connectivity index (χ3n) is 2.83. The fraction of sp³-hybridized carbons (Fsp3) is 0.231. The highest BCUT2D eigenvalue weighted by molar-refractivity contribution is 5.49. The fourth-order valence-corrected chi connectivity index (χ4v) is 1.99. The zero-order valence-corrected chi connectivity index (χ0v) is 10.0. The van der Waals surface area contributed by atoms with Crippen LogP contribution in [0.15, 0.2) is 36.8 Å². The van der Waals surface area contributed by atoms with Gasteiger partial charge in [-0.05, 0) is 37.2 Å². The molecule has 88 valence electrons. The molecule has 4 nitrogen and oxygen atoms in total. The predicted octanol–water partition coefficient (Wildman–Crippen LogP) is 1.68. The first-order valence-corrected chi connectivity index (χ1v) is 5.52. The van der Waals surface area contributed by atoms with E-state index in [9.17, 15) is 0 Å². The van der Waals surface area contributed by atoms with Gasteiger partial charge in [-0.15, -0.1) is 0 Å². The molecule has 0 amide bonds. The number of pyridine rings is 2. The van der Waals surface area contributed by atoms with Gasteiger partial charge in [0, 0.05) is 24.2 Å². The van der Waals surface area contributed by atoms with Crippen molar-refractivity contribution in [2.75, 3.05) is 12.8 Å². The maximum Gasteiger partial charge on any atom is 0.128 e. The summed E-state index contributed by atoms with van der Waals surface area (Å²) in [6.07, 6.45) is 5.33. The largest absolute Gasteiger partial charge is 0.383 e. The van der Waals surface area contributed by atoms with E-state index in [1.807, 2.05) is 38.4 Å². The summed E-state index contributed by atoms with van der Waals surface area (Å²) in [5.74, 6) is 0.563. The SMILES string of the molecule is CNC(c1cccnc1)c1c(C)ccnc1N. The Morgan fingerprint density at radius 1 is 1.29 bits per heavy atom. The van der Waals surface area contributed by atoms with Crippen molar-refractivity contribution < 1.29 is 0 Å². The number of anilines is 1. The van der Waals surface area contributed by atoms with Gasteiger partial charge in [0.2, 0.25) is 0 Å². The summed E-state index contributed by atoms with van der Waals surface area (Å²) in [6.45, 7) is 2.04. The molecule has 0 radical (unpaired) electrons. The van der Waals surface area contributed by atoms with Crippen molar-refractivity contribution in [1.82, 2.24) is 15.3 Å². The van der Waals surface area contributed by atoms with E-state index in [2.05, 4.69) is 15.3 Å². The topological polar surface area (TPSA) is 63.8 Å². The highest BCUT2D eigenvalue weighted by Gasteiger charge is 2.17. The molecular formula is C13H16N4. The van der Waals surface area contributed by atoms with E-state index < -0.39 is 0 Å². The number of aromatic nitrogens is 2. The van der Waals surface area contributed by atoms with E-state index >= 15 is 0 Å². The molecule has 2 aromatic heterocycles. The fourth-order valence-electron chi connectivity index (χ4n) is 1.99. The second kappa shape index (κ2) is 4.93. The van der Waals surface area contributed by atoms with Crippen LogP contribution in [0.5, 0.6) is 0 Å². The first-order chi connectivity index (χ1) is 8.24. The molecule has 0 aliphatic heterocycles. The predicted molar refractivity (Wildman–Crippen MR) is 68.5 cm³/mol. The quantitative estimate of drug-likeness (QED) is 0.839. The lowest BCUT2D eigenvalue weighted by Crippen LogP contribution is -2.20. The standard InChI is InChI=1S/C13H16N4/c1-9-5-7-17-13(14)11(9)12(15-2)10-4-3-6-16-8-10/h3-8,12,15H,1-2H3,(H2,14,17). The van der Waals surface area contributed by atoms with Crippen molar-refractivity contribution in [3.05, 3.63) is 53.5 Å². The zero-order valence-electron chi connectivity index (χ0n) is 10.0. The van der Waals surface area contributed by atoms with Gasteiger partial charge in [0.05, 0.1) is 6.04 Å². The number of hydrogen-bond acceptors (Lipinski definition) is 4. The molecule has 0 saturated carbocycles. The van der Waals surface area contributed by atoms with Crippen LogP contribution >= 0.6 is 0 Å². The van der Waals surface area contributed by atoms with Crippen molar-refractivity contribution in [3.8, 4) is 0 Å². The van der Waals surface area contributed by atoms with Crippen LogP contribution < -0.4 is 11.1 Å². The van der Waals surface area contributed by atoms with Crippen molar-refractivity contribution in [3.63, 3.8) is 0 Å². The Kier molecular flexibility index (Phi) is 3.35. The van der Waals surface area contributed by atoms with Gasteiger partial charge in [-0.1, -0.05) is 6.07 Å². The number of nitrogens with zero attached hydrogens (tertiary/aromatic N) is 2. The Labute approximate surface area is 101 Å². The normalized spacial score (nSPS) is 12.4. The highest BCUT2D eigenvalue weighted by Crippen LogP contribution is 2.27. The Morgan fingerprint density at radius 3 is 2.71 bits per heavy atom. The minimum Gasteiger partial charge on any atom is -0.383 e. The van der Waals surface area contributed by atoms with Gasteiger partial charge in [-0.25, -0.2) is 4.98 Å². The van der Waals surface area contributed by atoms with Crippen LogP contribution in [0.3, 0.4) is 0 Å². The number of aryl methyl sites for hydroxylation is 1. The van der Waals surface area contributed by atoms with Gasteiger partial charge < -0.3 is 11.1 Å². The van der Waals surface area contributed by atoms with Crippen molar-refractivity contribution in [2.45, 2.75) is 13.0 Å². The van der Waals surface area contributed by atoms with Gasteiger partial charge in [0.25, 0.3) is 0 Å². The molecule has 1 unspecified atom stereocenters. The average Bonchev–Trinajstić information content (AvgIpc) is 2.35. The average molecular weight is 228 g/mol. The van der Waals surface area contributed by atoms with E-state index in [1.165, 1.54) is 0 Å². The minimum absolute atomic E-state index is 0.0254. The molecule has 2 heterocycles. The summed E-state index contributed by atoms with van der Waals surface area (Å²) in [5.41, 5.74) is 9.19. The van der Waals surface area contributed by atoms with Crippen LogP contribution in [-0.2, 0) is 0 Å². The summed E-state index contributed by atoms with van der Waals surface area (Å²) in [4.78, 5) is 8.29. The Hall–Kier alpha value is -1.94. The van der Waals surface area contributed by atoms with Gasteiger partial charge in [0.15, 0.2) is 0 Å². The first kappa shape index (κ1) is 11.5. The lowest BCUT2D eigenvalue weighted by Gasteiger charge is -2.20. The van der Waals surface area contributed by atoms with Crippen LogP contribution in [0.2, 0.25) is 0 Å². The molecule has 0 saturated heterocycles. The summed E-state index contributed by atoms with van der Waals surface area (Å²) in [7, 11) is 1.91. The van der Waals surface area contributed by atoms with E-state index in [0.717, 1.165) is 16.7 Å². The second-order valence-corrected chi connectivity index (χ2v) is 3.93. The number of rotatable bonds is 3. The summed E-state index contributed by atoms with van der Waals surface area (Å²) < 4.78 is 0. The Balaban J connectivity index is 2.50. The molecule has 3 N–H and O–H groups in total. The van der Waals surface area contributed by atoms with Crippen molar-refractivity contribution >= 4 is 5.82 Å². The highest BCUT2D eigenvalue weighted by atomic mass is 14.9. The van der Waals surface area contributed by atoms with E-state index in [1.54, 1.807) is 12.4 Å². The van der Waals surface area contributed by atoms with Crippen molar-refractivity contribution in [2.24, 2.45) is 0 Å². The third-order valence-corrected chi connectivity index (χ3v) is 2.83. The Bertz CT molecular complexity index is 476. The smallest absolute Gasteiger partial charge is 0.128 e. The monoisotopic (exact) mass is 228 g/mol. The molecule has 1 atom stereocenters. The van der Waals surface area contributed by atoms with E-state index in [-0.39, 0.29) is 6.04 Å². The number of nitrogen functional groups attached to an aromatic ring is 1. The summed E-state index contributed by atoms with van der Waals surface area (Å²) >= 11 is 0. The summed E-state index contributed by atoms with van der Waals surface area (Å²) in [6, 6.07) is 5.94. The lowest BCUT2D eigenvalue weighted by molar-refractivity contribution is 0.684. The van der Waals surface area contributed by atoms with Crippen LogP contribution in [0, 0.1) is 6.92 Å². The number of nitrogens with one attached hydrogen (secondary N) is 1. The molecule has 0 spiro atoms. The first-order valence-electron chi connectivity index (χ1n) is 5.52. The molecule has 0 aliphatic rings. The minimum atomic E-state index is 0.0254. The van der Waals surface area contributed by atoms with Gasteiger partial charge in [-0.2, -0.15) is 0 Å². The van der Waals surface area contributed by atoms with Gasteiger partial charge >= 0.3 is 0 Å². The van der Waals surface area contributed by atoms with Crippen molar-refractivity contribution in [1.29, 1.82) is 0 Å². The van der Waals surface area contributed by atoms with E-state index in [4.69, 9.17) is 5.73 Å². The molecule has 0 aliphatic carbocycles. The molecule has 17 heavy (non-hydrogen) atoms. The maximum absolute atomic E-state index is 5.96. The number of nitrogens with two attached hydrogens (primary N) is 1. The van der Waals surface area contributed by atoms with Crippen LogP contribution in [0.1, 0.15) is 22.7 Å². The molecular weight excluding hydrogens is 212 g/mol. The van der Waals surface area contributed by atoms with E-state index in [0.29, 0.717) is 5.82 Å². The zero-order chi connectivity index (χ0) is 12.3. The van der Waals surface area contributed by atoms with Gasteiger partial charge in [0.1, 0.15) is 5.82 Å². The maximum atomic E-state index is 5.96. The molecule has 2 rings (SSSR count). The number of hydrogen-bond donors (Lipinski definition) is 2. The molecule has 0 fully saturated rings. The van der Waals surface area contributed by atoms with Crippen LogP contribution in [0.4, 0.5) is 5.82 Å². The summed E-state index contributed by atoms with van der Waals surface area (Å²) in [5, 5.41) is 3.26. The van der Waals surface area contributed by atoms with Crippen LogP contribution in [0.25, 0.3) is 0 Å². The molecule has 4 heteroatoms. The van der Waals surface area contributed by atoms with Crippen LogP contribution in [-0.4, -0.2) is 17.0 Å². The second-order valence-electron chi connectivity index (χ2n) is 3.93. The Morgan fingerprint density at radius 2 is 2.12 bits per heavy atom. The molecule has 2 aromatic rings. The molecule has 0 bridgehead atoms. The third kappa shape index (κ3) is 2.26. The molecule has 0 aromatic carbocycles. The van der Waals surface area contributed by atoms with Gasteiger partial charge in [-0.3, -0.25) is 4.98 Å².